The highest BCUT2D eigenvalue weighted by Gasteiger charge is 2.30. The van der Waals surface area contributed by atoms with Crippen molar-refractivity contribution in [2.24, 2.45) is 0 Å². The Hall–Kier alpha value is -0.950. The number of hydrogen-bond acceptors (Lipinski definition) is 4. The van der Waals surface area contributed by atoms with Crippen LogP contribution in [0.1, 0.15) is 15.9 Å². The van der Waals surface area contributed by atoms with Gasteiger partial charge in [-0.25, -0.2) is 4.79 Å². The van der Waals surface area contributed by atoms with Gasteiger partial charge in [0.05, 0.1) is 18.2 Å². The van der Waals surface area contributed by atoms with Crippen molar-refractivity contribution in [3.63, 3.8) is 0 Å². The first kappa shape index (κ1) is 15.1. The van der Waals surface area contributed by atoms with Gasteiger partial charge >= 0.3 is 11.5 Å². The number of methoxy groups -OCH3 is 1. The van der Waals surface area contributed by atoms with Gasteiger partial charge in [0.15, 0.2) is 0 Å². The van der Waals surface area contributed by atoms with E-state index >= 15 is 0 Å². The molecule has 0 saturated carbocycles. The van der Waals surface area contributed by atoms with Gasteiger partial charge in [-0.2, -0.15) is 18.4 Å². The van der Waals surface area contributed by atoms with Crippen LogP contribution in [0.15, 0.2) is 17.0 Å². The molecule has 8 heteroatoms. The van der Waals surface area contributed by atoms with Gasteiger partial charge in [0.25, 0.3) is 0 Å². The normalized spacial score (nSPS) is 10.9. The van der Waals surface area contributed by atoms with Gasteiger partial charge in [0, 0.05) is 8.47 Å². The van der Waals surface area contributed by atoms with Crippen molar-refractivity contribution in [1.82, 2.24) is 0 Å². The average Bonchev–Trinajstić information content (AvgIpc) is 2.25. The standard InChI is InChI=1S/C10H5F3INO2S/c1-17-9(16)6-2-5(18-10(11,12)13)3-8(14)7(6)4-15/h2-3H,1H3. The second-order valence-electron chi connectivity index (χ2n) is 2.98. The predicted octanol–water partition coefficient (Wildman–Crippen LogP) is 3.56. The zero-order valence-electron chi connectivity index (χ0n) is 8.84. The molecular weight excluding hydrogens is 382 g/mol. The first-order valence-corrected chi connectivity index (χ1v) is 6.25. The van der Waals surface area contributed by atoms with Gasteiger partial charge in [-0.05, 0) is 46.5 Å². The molecule has 3 nitrogen and oxygen atoms in total. The summed E-state index contributed by atoms with van der Waals surface area (Å²) in [4.78, 5) is 11.2. The molecule has 0 aromatic heterocycles. The maximum absolute atomic E-state index is 12.2. The lowest BCUT2D eigenvalue weighted by Crippen LogP contribution is -2.07. The van der Waals surface area contributed by atoms with Crippen LogP contribution in [0.3, 0.4) is 0 Å². The van der Waals surface area contributed by atoms with E-state index in [1.54, 1.807) is 28.7 Å². The van der Waals surface area contributed by atoms with E-state index in [-0.39, 0.29) is 31.4 Å². The third-order valence-corrected chi connectivity index (χ3v) is 3.37. The summed E-state index contributed by atoms with van der Waals surface area (Å²) in [5.74, 6) is -0.839. The maximum atomic E-state index is 12.2. The van der Waals surface area contributed by atoms with Crippen molar-refractivity contribution in [2.45, 2.75) is 10.4 Å². The molecule has 0 unspecified atom stereocenters. The number of halogens is 4. The molecule has 0 bridgehead atoms. The Bertz CT molecular complexity index is 525. The molecule has 0 atom stereocenters. The molecule has 1 aromatic carbocycles. The molecule has 0 aliphatic rings. The summed E-state index contributed by atoms with van der Waals surface area (Å²) >= 11 is 1.36. The summed E-state index contributed by atoms with van der Waals surface area (Å²) < 4.78 is 41.5. The Kier molecular flexibility index (Phi) is 4.86. The molecule has 0 fully saturated rings. The van der Waals surface area contributed by atoms with Crippen LogP contribution < -0.4 is 0 Å². The van der Waals surface area contributed by atoms with E-state index in [2.05, 4.69) is 4.74 Å². The van der Waals surface area contributed by atoms with Crippen molar-refractivity contribution in [3.05, 3.63) is 26.8 Å². The predicted molar refractivity (Wildman–Crippen MR) is 67.1 cm³/mol. The number of carbonyl (C=O) groups is 1. The molecule has 0 spiro atoms. The SMILES string of the molecule is COC(=O)c1cc(SC(F)(F)F)cc(I)c1C#N. The number of nitrogens with zero attached hydrogens (tertiary/aromatic N) is 1. The highest BCUT2D eigenvalue weighted by atomic mass is 127. The molecule has 1 rings (SSSR count). The fraction of sp³-hybridized carbons (Fsp3) is 0.200. The average molecular weight is 387 g/mol. The first-order chi connectivity index (χ1) is 8.28. The van der Waals surface area contributed by atoms with Crippen molar-refractivity contribution >= 4 is 40.3 Å². The summed E-state index contributed by atoms with van der Waals surface area (Å²) in [6.07, 6.45) is 0. The summed E-state index contributed by atoms with van der Waals surface area (Å²) in [5, 5.41) is 8.88. The van der Waals surface area contributed by atoms with Gasteiger partial charge in [0.1, 0.15) is 6.07 Å². The summed E-state index contributed by atoms with van der Waals surface area (Å²) in [7, 11) is 1.10. The third-order valence-electron chi connectivity index (χ3n) is 1.81. The molecular formula is C10H5F3INO2S. The van der Waals surface area contributed by atoms with Crippen LogP contribution in [0.25, 0.3) is 0 Å². The Morgan fingerprint density at radius 1 is 1.50 bits per heavy atom. The molecule has 0 amide bonds. The summed E-state index contributed by atoms with van der Waals surface area (Å²) in [6, 6.07) is 3.97. The minimum atomic E-state index is -4.45. The zero-order valence-corrected chi connectivity index (χ0v) is 11.8. The van der Waals surface area contributed by atoms with Crippen LogP contribution in [0.5, 0.6) is 0 Å². The van der Waals surface area contributed by atoms with Gasteiger partial charge in [-0.3, -0.25) is 0 Å². The summed E-state index contributed by atoms with van der Waals surface area (Å²) in [6.45, 7) is 0. The fourth-order valence-electron chi connectivity index (χ4n) is 1.16. The minimum Gasteiger partial charge on any atom is -0.465 e. The number of benzene rings is 1. The number of ether oxygens (including phenoxy) is 1. The van der Waals surface area contributed by atoms with Gasteiger partial charge in [0.2, 0.25) is 0 Å². The van der Waals surface area contributed by atoms with E-state index in [1.807, 2.05) is 0 Å². The van der Waals surface area contributed by atoms with Crippen molar-refractivity contribution in [3.8, 4) is 6.07 Å². The minimum absolute atomic E-state index is 0.00831. The van der Waals surface area contributed by atoms with Crippen LogP contribution in [0, 0.1) is 14.9 Å². The quantitative estimate of drug-likeness (QED) is 0.443. The number of esters is 1. The van der Waals surface area contributed by atoms with Crippen LogP contribution in [-0.2, 0) is 4.74 Å². The zero-order chi connectivity index (χ0) is 13.9. The van der Waals surface area contributed by atoms with E-state index in [0.717, 1.165) is 13.2 Å². The van der Waals surface area contributed by atoms with E-state index in [0.29, 0.717) is 0 Å². The Morgan fingerprint density at radius 2 is 2.11 bits per heavy atom. The highest BCUT2D eigenvalue weighted by molar-refractivity contribution is 14.1. The molecule has 0 aliphatic carbocycles. The Labute approximate surface area is 118 Å². The number of nitriles is 1. The molecule has 0 saturated heterocycles. The number of rotatable bonds is 2. The van der Waals surface area contributed by atoms with Crippen molar-refractivity contribution < 1.29 is 22.7 Å². The molecule has 0 radical (unpaired) electrons. The molecule has 1 aromatic rings. The lowest BCUT2D eigenvalue weighted by atomic mass is 10.1. The van der Waals surface area contributed by atoms with E-state index < -0.39 is 11.5 Å². The smallest absolute Gasteiger partial charge is 0.446 e. The van der Waals surface area contributed by atoms with Crippen LogP contribution in [0.2, 0.25) is 0 Å². The Morgan fingerprint density at radius 3 is 2.56 bits per heavy atom. The monoisotopic (exact) mass is 387 g/mol. The topological polar surface area (TPSA) is 50.1 Å². The number of alkyl halides is 3. The third kappa shape index (κ3) is 3.78. The van der Waals surface area contributed by atoms with Gasteiger partial charge in [-0.1, -0.05) is 0 Å². The van der Waals surface area contributed by atoms with Gasteiger partial charge in [-0.15, -0.1) is 0 Å². The van der Waals surface area contributed by atoms with E-state index in [4.69, 9.17) is 5.26 Å². The van der Waals surface area contributed by atoms with E-state index in [1.165, 1.54) is 6.07 Å². The number of carbonyl (C=O) groups excluding carboxylic acids is 1. The van der Waals surface area contributed by atoms with Crippen LogP contribution >= 0.6 is 34.4 Å². The molecule has 96 valence electrons. The van der Waals surface area contributed by atoms with Crippen molar-refractivity contribution in [1.29, 1.82) is 5.26 Å². The summed E-state index contributed by atoms with van der Waals surface area (Å²) in [5.41, 5.74) is -4.61. The van der Waals surface area contributed by atoms with Crippen LogP contribution in [-0.4, -0.2) is 18.6 Å². The first-order valence-electron chi connectivity index (χ1n) is 4.36. The van der Waals surface area contributed by atoms with Gasteiger partial charge < -0.3 is 4.74 Å². The lowest BCUT2D eigenvalue weighted by molar-refractivity contribution is -0.0328. The number of thioether (sulfide) groups is 1. The molecule has 0 aliphatic heterocycles. The number of hydrogen-bond donors (Lipinski definition) is 0. The lowest BCUT2D eigenvalue weighted by Gasteiger charge is -2.09. The fourth-order valence-corrected chi connectivity index (χ4v) is 2.74. The largest absolute Gasteiger partial charge is 0.465 e. The second-order valence-corrected chi connectivity index (χ2v) is 5.28. The molecule has 0 heterocycles. The van der Waals surface area contributed by atoms with E-state index in [9.17, 15) is 18.0 Å². The maximum Gasteiger partial charge on any atom is 0.446 e. The molecule has 0 N–H and O–H groups in total. The van der Waals surface area contributed by atoms with Crippen molar-refractivity contribution in [2.75, 3.05) is 7.11 Å². The molecule has 18 heavy (non-hydrogen) atoms. The van der Waals surface area contributed by atoms with Crippen LogP contribution in [0.4, 0.5) is 13.2 Å². The highest BCUT2D eigenvalue weighted by Crippen LogP contribution is 2.38. The Balaban J connectivity index is 3.32. The second kappa shape index (κ2) is 5.79.